The molecule has 82 valence electrons. The number of aliphatic hydroxyl groups is 1. The van der Waals surface area contributed by atoms with Crippen LogP contribution in [-0.4, -0.2) is 35.9 Å². The molecule has 3 nitrogen and oxygen atoms in total. The van der Waals surface area contributed by atoms with Gasteiger partial charge in [0.1, 0.15) is 0 Å². The van der Waals surface area contributed by atoms with Gasteiger partial charge in [0.25, 0.3) is 0 Å². The van der Waals surface area contributed by atoms with Gasteiger partial charge in [0, 0.05) is 12.1 Å². The molecule has 3 atom stereocenters. The van der Waals surface area contributed by atoms with E-state index in [1.165, 1.54) is 19.3 Å². The molecule has 0 bridgehead atoms. The summed E-state index contributed by atoms with van der Waals surface area (Å²) in [6, 6.07) is 0.845. The van der Waals surface area contributed by atoms with Gasteiger partial charge in [-0.3, -0.25) is 0 Å². The molecular weight excluding hydrogens is 176 g/mol. The summed E-state index contributed by atoms with van der Waals surface area (Å²) in [5.74, 6) is 0. The third kappa shape index (κ3) is 2.27. The predicted molar refractivity (Wildman–Crippen MR) is 57.3 cm³/mol. The Balaban J connectivity index is 1.86. The Morgan fingerprint density at radius 2 is 1.93 bits per heavy atom. The molecule has 0 amide bonds. The highest BCUT2D eigenvalue weighted by molar-refractivity contribution is 4.95. The summed E-state index contributed by atoms with van der Waals surface area (Å²) in [4.78, 5) is 0. The monoisotopic (exact) mass is 198 g/mol. The first kappa shape index (κ1) is 10.4. The average molecular weight is 198 g/mol. The van der Waals surface area contributed by atoms with E-state index in [2.05, 4.69) is 10.6 Å². The van der Waals surface area contributed by atoms with Crippen LogP contribution in [0.2, 0.25) is 0 Å². The SMILES string of the molecule is CC(O)(CC1CCCN1)C1CCCN1. The molecule has 2 heterocycles. The molecule has 2 aliphatic heterocycles. The topological polar surface area (TPSA) is 44.3 Å². The van der Waals surface area contributed by atoms with E-state index in [1.807, 2.05) is 6.92 Å². The maximum atomic E-state index is 10.4. The van der Waals surface area contributed by atoms with E-state index in [1.54, 1.807) is 0 Å². The van der Waals surface area contributed by atoms with Crippen molar-refractivity contribution in [2.45, 2.75) is 56.7 Å². The second-order valence-corrected chi connectivity index (χ2v) is 5.00. The fourth-order valence-corrected chi connectivity index (χ4v) is 2.79. The minimum Gasteiger partial charge on any atom is -0.388 e. The standard InChI is InChI=1S/C11H22N2O/c1-11(14,10-5-3-7-13-10)8-9-4-2-6-12-9/h9-10,12-14H,2-8H2,1H3. The third-order valence-corrected chi connectivity index (χ3v) is 3.63. The lowest BCUT2D eigenvalue weighted by Crippen LogP contribution is -2.48. The second kappa shape index (κ2) is 4.17. The van der Waals surface area contributed by atoms with E-state index >= 15 is 0 Å². The molecule has 3 N–H and O–H groups in total. The molecule has 0 aromatic carbocycles. The van der Waals surface area contributed by atoms with Crippen molar-refractivity contribution in [3.63, 3.8) is 0 Å². The number of hydrogen-bond donors (Lipinski definition) is 3. The zero-order chi connectivity index (χ0) is 10.0. The smallest absolute Gasteiger partial charge is 0.0786 e. The van der Waals surface area contributed by atoms with E-state index in [0.717, 1.165) is 25.9 Å². The molecular formula is C11H22N2O. The van der Waals surface area contributed by atoms with Crippen molar-refractivity contribution in [3.05, 3.63) is 0 Å². The molecule has 2 aliphatic rings. The molecule has 0 spiro atoms. The van der Waals surface area contributed by atoms with Crippen LogP contribution >= 0.6 is 0 Å². The maximum Gasteiger partial charge on any atom is 0.0786 e. The summed E-state index contributed by atoms with van der Waals surface area (Å²) in [7, 11) is 0. The van der Waals surface area contributed by atoms with E-state index in [0.29, 0.717) is 12.1 Å². The van der Waals surface area contributed by atoms with Gasteiger partial charge in [-0.1, -0.05) is 0 Å². The zero-order valence-corrected chi connectivity index (χ0v) is 9.05. The zero-order valence-electron chi connectivity index (χ0n) is 9.05. The molecule has 0 saturated carbocycles. The van der Waals surface area contributed by atoms with Crippen LogP contribution in [0.1, 0.15) is 39.0 Å². The highest BCUT2D eigenvalue weighted by Crippen LogP contribution is 2.26. The molecule has 0 aromatic heterocycles. The highest BCUT2D eigenvalue weighted by atomic mass is 16.3. The molecule has 0 aromatic rings. The second-order valence-electron chi connectivity index (χ2n) is 5.00. The van der Waals surface area contributed by atoms with Gasteiger partial charge >= 0.3 is 0 Å². The van der Waals surface area contributed by atoms with Gasteiger partial charge in [0.2, 0.25) is 0 Å². The number of nitrogens with one attached hydrogen (secondary N) is 2. The van der Waals surface area contributed by atoms with Gasteiger partial charge in [-0.2, -0.15) is 0 Å². The van der Waals surface area contributed by atoms with Gasteiger partial charge in [0.15, 0.2) is 0 Å². The Labute approximate surface area is 86.3 Å². The largest absolute Gasteiger partial charge is 0.388 e. The van der Waals surface area contributed by atoms with Crippen LogP contribution in [0.15, 0.2) is 0 Å². The van der Waals surface area contributed by atoms with Gasteiger partial charge in [-0.25, -0.2) is 0 Å². The average Bonchev–Trinajstić information content (AvgIpc) is 2.71. The number of hydrogen-bond acceptors (Lipinski definition) is 3. The van der Waals surface area contributed by atoms with Crippen LogP contribution in [-0.2, 0) is 0 Å². The van der Waals surface area contributed by atoms with Crippen LogP contribution in [0.5, 0.6) is 0 Å². The molecule has 0 radical (unpaired) electrons. The fraction of sp³-hybridized carbons (Fsp3) is 1.00. The van der Waals surface area contributed by atoms with Crippen molar-refractivity contribution in [2.24, 2.45) is 0 Å². The van der Waals surface area contributed by atoms with Gasteiger partial charge in [-0.15, -0.1) is 0 Å². The summed E-state index contributed by atoms with van der Waals surface area (Å²) >= 11 is 0. The van der Waals surface area contributed by atoms with Gasteiger partial charge in [0.05, 0.1) is 5.60 Å². The van der Waals surface area contributed by atoms with Crippen molar-refractivity contribution in [1.82, 2.24) is 10.6 Å². The van der Waals surface area contributed by atoms with Crippen LogP contribution in [0.4, 0.5) is 0 Å². The van der Waals surface area contributed by atoms with Crippen molar-refractivity contribution < 1.29 is 5.11 Å². The predicted octanol–water partition coefficient (Wildman–Crippen LogP) is 0.632. The Bertz CT molecular complexity index is 182. The number of rotatable bonds is 3. The summed E-state index contributed by atoms with van der Waals surface area (Å²) < 4.78 is 0. The summed E-state index contributed by atoms with van der Waals surface area (Å²) in [5, 5.41) is 17.2. The first-order valence-corrected chi connectivity index (χ1v) is 5.88. The minimum atomic E-state index is -0.529. The van der Waals surface area contributed by atoms with Crippen LogP contribution in [0.25, 0.3) is 0 Å². The summed E-state index contributed by atoms with van der Waals surface area (Å²) in [5.41, 5.74) is -0.529. The molecule has 2 rings (SSSR count). The first-order chi connectivity index (χ1) is 6.68. The first-order valence-electron chi connectivity index (χ1n) is 5.88. The molecule has 3 heteroatoms. The summed E-state index contributed by atoms with van der Waals surface area (Å²) in [6.45, 7) is 4.17. The fourth-order valence-electron chi connectivity index (χ4n) is 2.79. The molecule has 3 unspecified atom stereocenters. The van der Waals surface area contributed by atoms with Crippen LogP contribution in [0, 0.1) is 0 Å². The van der Waals surface area contributed by atoms with Gasteiger partial charge in [-0.05, 0) is 52.1 Å². The van der Waals surface area contributed by atoms with E-state index in [9.17, 15) is 5.11 Å². The van der Waals surface area contributed by atoms with Crippen molar-refractivity contribution in [1.29, 1.82) is 0 Å². The highest BCUT2D eigenvalue weighted by Gasteiger charge is 2.36. The molecule has 2 saturated heterocycles. The van der Waals surface area contributed by atoms with Crippen molar-refractivity contribution >= 4 is 0 Å². The van der Waals surface area contributed by atoms with Crippen LogP contribution < -0.4 is 10.6 Å². The molecule has 0 aliphatic carbocycles. The lowest BCUT2D eigenvalue weighted by molar-refractivity contribution is 0.00991. The van der Waals surface area contributed by atoms with E-state index < -0.39 is 5.60 Å². The Morgan fingerprint density at radius 3 is 2.50 bits per heavy atom. The van der Waals surface area contributed by atoms with Crippen molar-refractivity contribution in [2.75, 3.05) is 13.1 Å². The lowest BCUT2D eigenvalue weighted by atomic mass is 9.88. The third-order valence-electron chi connectivity index (χ3n) is 3.63. The molecule has 2 fully saturated rings. The van der Waals surface area contributed by atoms with E-state index in [4.69, 9.17) is 0 Å². The minimum absolute atomic E-state index is 0.310. The molecule has 14 heavy (non-hydrogen) atoms. The lowest BCUT2D eigenvalue weighted by Gasteiger charge is -2.32. The summed E-state index contributed by atoms with van der Waals surface area (Å²) in [6.07, 6.45) is 5.71. The Morgan fingerprint density at radius 1 is 1.21 bits per heavy atom. The van der Waals surface area contributed by atoms with Crippen LogP contribution in [0.3, 0.4) is 0 Å². The van der Waals surface area contributed by atoms with Crippen molar-refractivity contribution in [3.8, 4) is 0 Å². The normalized spacial score (nSPS) is 37.3. The van der Waals surface area contributed by atoms with E-state index in [-0.39, 0.29) is 0 Å². The van der Waals surface area contributed by atoms with Gasteiger partial charge < -0.3 is 15.7 Å². The quantitative estimate of drug-likeness (QED) is 0.623. The Kier molecular flexibility index (Phi) is 3.10. The Hall–Kier alpha value is -0.120. The maximum absolute atomic E-state index is 10.4.